The van der Waals surface area contributed by atoms with Crippen LogP contribution >= 0.6 is 0 Å². The maximum Gasteiger partial charge on any atom is 0.170 e. The van der Waals surface area contributed by atoms with E-state index in [9.17, 15) is 0 Å². The highest BCUT2D eigenvalue weighted by atomic mass is 15.5. The van der Waals surface area contributed by atoms with Crippen LogP contribution in [-0.2, 0) is 13.0 Å². The van der Waals surface area contributed by atoms with Crippen LogP contribution in [0.25, 0.3) is 5.69 Å². The van der Waals surface area contributed by atoms with Gasteiger partial charge in [-0.05, 0) is 61.7 Å². The second kappa shape index (κ2) is 6.80. The average Bonchev–Trinajstić information content (AvgIpc) is 2.91. The number of rotatable bonds is 6. The highest BCUT2D eigenvalue weighted by molar-refractivity contribution is 5.34. The van der Waals surface area contributed by atoms with Crippen LogP contribution < -0.4 is 5.32 Å². The minimum Gasteiger partial charge on any atom is -0.305 e. The van der Waals surface area contributed by atoms with Gasteiger partial charge in [-0.1, -0.05) is 25.5 Å². The molecule has 1 aromatic carbocycles. The van der Waals surface area contributed by atoms with Crippen molar-refractivity contribution in [2.75, 3.05) is 0 Å². The van der Waals surface area contributed by atoms with Crippen LogP contribution in [0.1, 0.15) is 51.9 Å². The molecule has 1 heterocycles. The van der Waals surface area contributed by atoms with Gasteiger partial charge in [-0.15, -0.1) is 5.10 Å². The van der Waals surface area contributed by atoms with E-state index in [0.29, 0.717) is 6.54 Å². The third-order valence-electron chi connectivity index (χ3n) is 3.31. The smallest absolute Gasteiger partial charge is 0.170 e. The molecule has 0 unspecified atom stereocenters. The summed E-state index contributed by atoms with van der Waals surface area (Å²) in [7, 11) is 0. The van der Waals surface area contributed by atoms with Crippen LogP contribution in [0.4, 0.5) is 0 Å². The van der Waals surface area contributed by atoms with E-state index in [1.807, 2.05) is 0 Å². The van der Waals surface area contributed by atoms with E-state index in [2.05, 4.69) is 72.8 Å². The van der Waals surface area contributed by atoms with Crippen molar-refractivity contribution in [1.82, 2.24) is 25.5 Å². The SMILES string of the molecule is CCCCc1ccc(-n2nnnc2CNC(C)(C)C)cc1. The van der Waals surface area contributed by atoms with Crippen molar-refractivity contribution in [2.45, 2.75) is 59.0 Å². The van der Waals surface area contributed by atoms with Gasteiger partial charge in [0.25, 0.3) is 0 Å². The van der Waals surface area contributed by atoms with Crippen LogP contribution in [0.15, 0.2) is 24.3 Å². The average molecular weight is 287 g/mol. The molecule has 0 saturated heterocycles. The van der Waals surface area contributed by atoms with Gasteiger partial charge in [-0.3, -0.25) is 0 Å². The summed E-state index contributed by atoms with van der Waals surface area (Å²) in [5, 5.41) is 15.4. The van der Waals surface area contributed by atoms with E-state index in [0.717, 1.165) is 17.9 Å². The molecule has 0 spiro atoms. The fraction of sp³-hybridized carbons (Fsp3) is 0.562. The molecule has 5 heteroatoms. The van der Waals surface area contributed by atoms with Gasteiger partial charge < -0.3 is 5.32 Å². The molecule has 0 amide bonds. The van der Waals surface area contributed by atoms with E-state index in [1.54, 1.807) is 4.68 Å². The van der Waals surface area contributed by atoms with Crippen LogP contribution in [0.2, 0.25) is 0 Å². The highest BCUT2D eigenvalue weighted by Gasteiger charge is 2.13. The maximum atomic E-state index is 4.11. The molecule has 0 aliphatic heterocycles. The number of benzene rings is 1. The number of nitrogens with zero attached hydrogens (tertiary/aromatic N) is 4. The van der Waals surface area contributed by atoms with E-state index < -0.39 is 0 Å². The molecule has 1 aromatic heterocycles. The lowest BCUT2D eigenvalue weighted by molar-refractivity contribution is 0.415. The molecule has 21 heavy (non-hydrogen) atoms. The quantitative estimate of drug-likeness (QED) is 0.887. The summed E-state index contributed by atoms with van der Waals surface area (Å²) in [5.74, 6) is 0.825. The van der Waals surface area contributed by atoms with Gasteiger partial charge in [0.1, 0.15) is 0 Å². The van der Waals surface area contributed by atoms with Crippen LogP contribution in [0, 0.1) is 0 Å². The van der Waals surface area contributed by atoms with Crippen molar-refractivity contribution in [2.24, 2.45) is 0 Å². The number of unbranched alkanes of at least 4 members (excludes halogenated alkanes) is 1. The molecule has 0 radical (unpaired) electrons. The van der Waals surface area contributed by atoms with Crippen molar-refractivity contribution in [3.05, 3.63) is 35.7 Å². The number of hydrogen-bond donors (Lipinski definition) is 1. The van der Waals surface area contributed by atoms with Gasteiger partial charge in [0.05, 0.1) is 12.2 Å². The molecule has 0 saturated carbocycles. The highest BCUT2D eigenvalue weighted by Crippen LogP contribution is 2.12. The lowest BCUT2D eigenvalue weighted by atomic mass is 10.1. The number of aryl methyl sites for hydroxylation is 1. The van der Waals surface area contributed by atoms with E-state index in [4.69, 9.17) is 0 Å². The third kappa shape index (κ3) is 4.63. The summed E-state index contributed by atoms with van der Waals surface area (Å²) in [6.07, 6.45) is 3.58. The lowest BCUT2D eigenvalue weighted by Crippen LogP contribution is -2.35. The zero-order valence-electron chi connectivity index (χ0n) is 13.4. The largest absolute Gasteiger partial charge is 0.305 e. The number of hydrogen-bond acceptors (Lipinski definition) is 4. The Hall–Kier alpha value is -1.75. The Morgan fingerprint density at radius 2 is 1.86 bits per heavy atom. The molecule has 0 aliphatic carbocycles. The topological polar surface area (TPSA) is 55.6 Å². The zero-order chi connectivity index (χ0) is 15.3. The van der Waals surface area contributed by atoms with Crippen LogP contribution in [-0.4, -0.2) is 25.7 Å². The third-order valence-corrected chi connectivity index (χ3v) is 3.31. The summed E-state index contributed by atoms with van der Waals surface area (Å²) in [5.41, 5.74) is 2.41. The lowest BCUT2D eigenvalue weighted by Gasteiger charge is -2.19. The van der Waals surface area contributed by atoms with Crippen LogP contribution in [0.5, 0.6) is 0 Å². The Labute approximate surface area is 126 Å². The Kier molecular flexibility index (Phi) is 5.07. The Morgan fingerprint density at radius 3 is 2.48 bits per heavy atom. The minimum absolute atomic E-state index is 0.0425. The Bertz CT molecular complexity index is 551. The molecule has 0 atom stereocenters. The first-order chi connectivity index (χ1) is 9.99. The van der Waals surface area contributed by atoms with Gasteiger partial charge in [0, 0.05) is 5.54 Å². The summed E-state index contributed by atoms with van der Waals surface area (Å²) >= 11 is 0. The summed E-state index contributed by atoms with van der Waals surface area (Å²) in [6.45, 7) is 9.25. The van der Waals surface area contributed by atoms with Crippen molar-refractivity contribution < 1.29 is 0 Å². The first-order valence-corrected chi connectivity index (χ1v) is 7.61. The molecule has 0 bridgehead atoms. The second-order valence-electron chi connectivity index (χ2n) is 6.38. The van der Waals surface area contributed by atoms with Gasteiger partial charge in [-0.25, -0.2) is 0 Å². The van der Waals surface area contributed by atoms with E-state index in [-0.39, 0.29) is 5.54 Å². The summed E-state index contributed by atoms with van der Waals surface area (Å²) in [4.78, 5) is 0. The van der Waals surface area contributed by atoms with Crippen molar-refractivity contribution in [3.63, 3.8) is 0 Å². The van der Waals surface area contributed by atoms with Crippen LogP contribution in [0.3, 0.4) is 0 Å². The maximum absolute atomic E-state index is 4.11. The molecule has 114 valence electrons. The summed E-state index contributed by atoms with van der Waals surface area (Å²) < 4.78 is 1.79. The molecule has 2 aromatic rings. The van der Waals surface area contributed by atoms with Gasteiger partial charge in [0.15, 0.2) is 5.82 Å². The van der Waals surface area contributed by atoms with Crippen molar-refractivity contribution in [3.8, 4) is 5.69 Å². The van der Waals surface area contributed by atoms with Gasteiger partial charge >= 0.3 is 0 Å². The molecule has 0 aliphatic rings. The molecule has 5 nitrogen and oxygen atoms in total. The first-order valence-electron chi connectivity index (χ1n) is 7.61. The van der Waals surface area contributed by atoms with Gasteiger partial charge in [0.2, 0.25) is 0 Å². The van der Waals surface area contributed by atoms with Gasteiger partial charge in [-0.2, -0.15) is 4.68 Å². The first kappa shape index (κ1) is 15.6. The van der Waals surface area contributed by atoms with E-state index >= 15 is 0 Å². The monoisotopic (exact) mass is 287 g/mol. The zero-order valence-corrected chi connectivity index (χ0v) is 13.4. The fourth-order valence-corrected chi connectivity index (χ4v) is 2.05. The number of nitrogens with one attached hydrogen (secondary N) is 1. The number of aromatic nitrogens is 4. The molecule has 1 N–H and O–H groups in total. The molecule has 0 fully saturated rings. The Balaban J connectivity index is 2.09. The predicted octanol–water partition coefficient (Wildman–Crippen LogP) is 2.89. The summed E-state index contributed by atoms with van der Waals surface area (Å²) in [6, 6.07) is 8.49. The molecular formula is C16H25N5. The Morgan fingerprint density at radius 1 is 1.14 bits per heavy atom. The van der Waals surface area contributed by atoms with E-state index in [1.165, 1.54) is 18.4 Å². The van der Waals surface area contributed by atoms with Crippen molar-refractivity contribution >= 4 is 0 Å². The number of tetrazole rings is 1. The molecular weight excluding hydrogens is 262 g/mol. The standard InChI is InChI=1S/C16H25N5/c1-5-6-7-13-8-10-14(11-9-13)21-15(18-19-20-21)12-17-16(2,3)4/h8-11,17H,5-7,12H2,1-4H3. The van der Waals surface area contributed by atoms with Crippen molar-refractivity contribution in [1.29, 1.82) is 0 Å². The fourth-order valence-electron chi connectivity index (χ4n) is 2.05. The normalized spacial score (nSPS) is 11.8. The minimum atomic E-state index is 0.0425. The second-order valence-corrected chi connectivity index (χ2v) is 6.38. The predicted molar refractivity (Wildman–Crippen MR) is 84.4 cm³/mol. The molecule has 2 rings (SSSR count).